The third kappa shape index (κ3) is 6.92. The third-order valence-electron chi connectivity index (χ3n) is 13.6. The minimum Gasteiger partial charge on any atom is -0.309 e. The summed E-state index contributed by atoms with van der Waals surface area (Å²) < 4.78 is 4.87. The van der Waals surface area contributed by atoms with E-state index >= 15 is 0 Å². The lowest BCUT2D eigenvalue weighted by molar-refractivity contribution is 0.858. The fraction of sp³-hybridized carbons (Fsp3) is 0.0317. The summed E-state index contributed by atoms with van der Waals surface area (Å²) in [6, 6.07) is 74.4. The lowest BCUT2D eigenvalue weighted by Gasteiger charge is -2.18. The van der Waals surface area contributed by atoms with Gasteiger partial charge in [-0.25, -0.2) is 0 Å². The molecule has 0 N–H and O–H groups in total. The van der Waals surface area contributed by atoms with E-state index in [1.165, 1.54) is 49.3 Å². The Hall–Kier alpha value is -8.93. The van der Waals surface area contributed by atoms with Crippen LogP contribution < -0.4 is 0 Å². The van der Waals surface area contributed by atoms with Crippen LogP contribution in [0.4, 0.5) is 0 Å². The van der Waals surface area contributed by atoms with E-state index in [9.17, 15) is 0 Å². The monoisotopic (exact) mass is 869 g/mol. The lowest BCUT2D eigenvalue weighted by Crippen LogP contribution is -2.01. The zero-order chi connectivity index (χ0) is 45.0. The standard InChI is InChI=1S/C63H43N5/c1-2-13-42(14-3-1)45-24-28-60-53(37-45)54-38-46(43-15-10-17-48(35-43)57-21-4-7-32-64-57)25-29-61(54)67(60)51-19-12-20-52(41-51)68-62-30-26-47(44-16-11-18-49(36-44)58-22-5-8-33-65-58)39-55(62)56-40-50(27-31-63(56)68)59-23-6-9-34-66-59/h1-14,16-41,43H,15H2. The van der Waals surface area contributed by atoms with Crippen LogP contribution >= 0.6 is 0 Å². The number of benzene rings is 7. The largest absolute Gasteiger partial charge is 0.309 e. The van der Waals surface area contributed by atoms with Gasteiger partial charge in [0.25, 0.3) is 0 Å². The van der Waals surface area contributed by atoms with Crippen molar-refractivity contribution >= 4 is 49.2 Å². The highest BCUT2D eigenvalue weighted by molar-refractivity contribution is 6.13. The van der Waals surface area contributed by atoms with E-state index in [-0.39, 0.29) is 5.92 Å². The van der Waals surface area contributed by atoms with Crippen LogP contribution in [0, 0.1) is 0 Å². The minimum absolute atomic E-state index is 0.235. The molecule has 1 unspecified atom stereocenters. The molecule has 0 bridgehead atoms. The summed E-state index contributed by atoms with van der Waals surface area (Å²) in [5.41, 5.74) is 19.1. The van der Waals surface area contributed by atoms with E-state index in [4.69, 9.17) is 4.98 Å². The number of aromatic nitrogens is 5. The van der Waals surface area contributed by atoms with E-state index in [0.29, 0.717) is 0 Å². The molecule has 0 aliphatic heterocycles. The Morgan fingerprint density at radius 2 is 0.824 bits per heavy atom. The molecule has 0 amide bonds. The van der Waals surface area contributed by atoms with Crippen LogP contribution in [0.2, 0.25) is 0 Å². The second-order valence-corrected chi connectivity index (χ2v) is 17.6. The van der Waals surface area contributed by atoms with Crippen LogP contribution in [0.5, 0.6) is 0 Å². The summed E-state index contributed by atoms with van der Waals surface area (Å²) in [5, 5.41) is 4.82. The van der Waals surface area contributed by atoms with E-state index in [1.807, 2.05) is 42.9 Å². The normalized spacial score (nSPS) is 13.7. The van der Waals surface area contributed by atoms with Crippen molar-refractivity contribution in [1.82, 2.24) is 24.1 Å². The Labute approximate surface area is 394 Å². The Bertz CT molecular complexity index is 3920. The highest BCUT2D eigenvalue weighted by atomic mass is 15.0. The third-order valence-corrected chi connectivity index (χ3v) is 13.6. The van der Waals surface area contributed by atoms with Gasteiger partial charge in [0.1, 0.15) is 0 Å². The predicted octanol–water partition coefficient (Wildman–Crippen LogP) is 15.9. The molecule has 68 heavy (non-hydrogen) atoms. The number of nitrogens with zero attached hydrogens (tertiary/aromatic N) is 5. The fourth-order valence-electron chi connectivity index (χ4n) is 10.3. The molecular formula is C63H43N5. The minimum atomic E-state index is 0.235. The zero-order valence-electron chi connectivity index (χ0n) is 37.1. The fourth-order valence-corrected chi connectivity index (χ4v) is 10.3. The molecule has 320 valence electrons. The average Bonchev–Trinajstić information content (AvgIpc) is 3.93. The lowest BCUT2D eigenvalue weighted by atomic mass is 9.88. The van der Waals surface area contributed by atoms with E-state index in [2.05, 4.69) is 219 Å². The van der Waals surface area contributed by atoms with Crippen molar-refractivity contribution in [3.05, 3.63) is 254 Å². The first kappa shape index (κ1) is 39.4. The molecule has 0 saturated heterocycles. The summed E-state index contributed by atoms with van der Waals surface area (Å²) >= 11 is 0. The molecule has 12 aromatic rings. The van der Waals surface area contributed by atoms with E-state index < -0.39 is 0 Å². The van der Waals surface area contributed by atoms with Crippen molar-refractivity contribution in [3.8, 4) is 56.1 Å². The summed E-state index contributed by atoms with van der Waals surface area (Å²) in [6.07, 6.45) is 13.4. The Morgan fingerprint density at radius 3 is 1.44 bits per heavy atom. The van der Waals surface area contributed by atoms with Crippen molar-refractivity contribution in [3.63, 3.8) is 0 Å². The molecule has 5 aromatic heterocycles. The van der Waals surface area contributed by atoms with Gasteiger partial charge in [-0.2, -0.15) is 0 Å². The van der Waals surface area contributed by atoms with Gasteiger partial charge in [-0.05, 0) is 149 Å². The SMILES string of the molecule is C1=CC(c2ccccn2)=CC(c2ccc3c(c2)c2cc(-c4ccccc4)ccc2n3-c2cccc(-n3c4ccc(-c5cccc(-c6ccccn6)c5)cc4c4cc(-c5ccccn5)ccc43)c2)C1. The van der Waals surface area contributed by atoms with Gasteiger partial charge in [0, 0.05) is 68.6 Å². The Morgan fingerprint density at radius 1 is 0.353 bits per heavy atom. The van der Waals surface area contributed by atoms with Gasteiger partial charge in [0.15, 0.2) is 0 Å². The molecule has 1 aliphatic carbocycles. The summed E-state index contributed by atoms with van der Waals surface area (Å²) in [6.45, 7) is 0. The van der Waals surface area contributed by atoms with Gasteiger partial charge in [-0.3, -0.25) is 15.0 Å². The number of rotatable bonds is 8. The zero-order valence-corrected chi connectivity index (χ0v) is 37.1. The first-order chi connectivity index (χ1) is 33.7. The maximum absolute atomic E-state index is 4.74. The molecule has 1 aliphatic rings. The van der Waals surface area contributed by atoms with Crippen molar-refractivity contribution in [2.24, 2.45) is 0 Å². The van der Waals surface area contributed by atoms with Gasteiger partial charge < -0.3 is 9.13 Å². The molecule has 0 spiro atoms. The average molecular weight is 870 g/mol. The predicted molar refractivity (Wildman–Crippen MR) is 281 cm³/mol. The van der Waals surface area contributed by atoms with Crippen molar-refractivity contribution in [2.45, 2.75) is 12.3 Å². The summed E-state index contributed by atoms with van der Waals surface area (Å²) in [4.78, 5) is 14.1. The van der Waals surface area contributed by atoms with Crippen LogP contribution in [-0.4, -0.2) is 24.1 Å². The Balaban J connectivity index is 0.978. The van der Waals surface area contributed by atoms with E-state index in [1.54, 1.807) is 0 Å². The maximum atomic E-state index is 4.74. The molecule has 7 aromatic carbocycles. The van der Waals surface area contributed by atoms with Crippen LogP contribution in [0.1, 0.15) is 23.6 Å². The van der Waals surface area contributed by atoms with Gasteiger partial charge >= 0.3 is 0 Å². The molecule has 5 nitrogen and oxygen atoms in total. The van der Waals surface area contributed by atoms with Gasteiger partial charge in [0.2, 0.25) is 0 Å². The number of hydrogen-bond donors (Lipinski definition) is 0. The van der Waals surface area contributed by atoms with Crippen LogP contribution in [-0.2, 0) is 0 Å². The molecule has 13 rings (SSSR count). The second-order valence-electron chi connectivity index (χ2n) is 17.6. The first-order valence-electron chi connectivity index (χ1n) is 23.3. The highest BCUT2D eigenvalue weighted by Gasteiger charge is 2.20. The molecular weight excluding hydrogens is 827 g/mol. The summed E-state index contributed by atoms with van der Waals surface area (Å²) in [5.74, 6) is 0.235. The first-order valence-corrected chi connectivity index (χ1v) is 23.3. The van der Waals surface area contributed by atoms with E-state index in [0.717, 1.165) is 73.7 Å². The number of fused-ring (bicyclic) bond motifs is 6. The van der Waals surface area contributed by atoms with Crippen molar-refractivity contribution in [1.29, 1.82) is 0 Å². The van der Waals surface area contributed by atoms with Gasteiger partial charge in [-0.15, -0.1) is 0 Å². The van der Waals surface area contributed by atoms with Crippen LogP contribution in [0.25, 0.3) is 105 Å². The second kappa shape index (κ2) is 16.5. The van der Waals surface area contributed by atoms with Crippen LogP contribution in [0.3, 0.4) is 0 Å². The molecule has 0 fully saturated rings. The number of allylic oxidation sites excluding steroid dienone is 4. The van der Waals surface area contributed by atoms with Crippen molar-refractivity contribution < 1.29 is 0 Å². The molecule has 5 heterocycles. The molecule has 1 atom stereocenters. The molecule has 0 radical (unpaired) electrons. The topological polar surface area (TPSA) is 48.5 Å². The molecule has 0 saturated carbocycles. The number of pyridine rings is 3. The smallest absolute Gasteiger partial charge is 0.0702 e. The Kier molecular flexibility index (Phi) is 9.57. The summed E-state index contributed by atoms with van der Waals surface area (Å²) in [7, 11) is 0. The van der Waals surface area contributed by atoms with Crippen LogP contribution in [0.15, 0.2) is 243 Å². The highest BCUT2D eigenvalue weighted by Crippen LogP contribution is 2.41. The van der Waals surface area contributed by atoms with Gasteiger partial charge in [0.05, 0.1) is 39.1 Å². The molecule has 5 heteroatoms. The van der Waals surface area contributed by atoms with Gasteiger partial charge in [-0.1, -0.05) is 115 Å². The number of hydrogen-bond acceptors (Lipinski definition) is 3. The van der Waals surface area contributed by atoms with Crippen molar-refractivity contribution in [2.75, 3.05) is 0 Å². The maximum Gasteiger partial charge on any atom is 0.0702 e. The quantitative estimate of drug-likeness (QED) is 0.153.